The molecule has 1 aromatic heterocycles. The number of benzene rings is 1. The Hall–Kier alpha value is -2.46. The van der Waals surface area contributed by atoms with Crippen LogP contribution in [0.25, 0.3) is 0 Å². The van der Waals surface area contributed by atoms with Gasteiger partial charge in [0.1, 0.15) is 17.4 Å². The van der Waals surface area contributed by atoms with E-state index in [0.717, 1.165) is 31.7 Å². The Morgan fingerprint density at radius 1 is 1.23 bits per heavy atom. The molecule has 164 valence electrons. The number of hydrogen-bond acceptors (Lipinski definition) is 5. The van der Waals surface area contributed by atoms with E-state index in [1.165, 1.54) is 0 Å². The number of nitriles is 1. The van der Waals surface area contributed by atoms with E-state index in [1.807, 2.05) is 6.92 Å². The maximum Gasteiger partial charge on any atom is 0.258 e. The summed E-state index contributed by atoms with van der Waals surface area (Å²) in [5, 5.41) is 10.5. The molecule has 2 heterocycles. The third-order valence-electron chi connectivity index (χ3n) is 5.73. The zero-order chi connectivity index (χ0) is 22.7. The topological polar surface area (TPSA) is 84.3 Å². The van der Waals surface area contributed by atoms with Crippen molar-refractivity contribution in [1.29, 1.82) is 5.26 Å². The van der Waals surface area contributed by atoms with Gasteiger partial charge < -0.3 is 19.9 Å². The molecule has 1 aliphatic heterocycles. The second kappa shape index (κ2) is 9.78. The average molecular weight is 461 g/mol. The monoisotopic (exact) mass is 460 g/mol. The molecule has 0 saturated carbocycles. The Morgan fingerprint density at radius 2 is 1.87 bits per heavy atom. The Kier molecular flexibility index (Phi) is 7.32. The molecule has 6 nitrogen and oxygen atoms in total. The maximum absolute atomic E-state index is 13.6. The lowest BCUT2D eigenvalue weighted by atomic mass is 9.84. The molecule has 0 aliphatic carbocycles. The molecular formula is C23H26Cl2N4O2. The van der Waals surface area contributed by atoms with Crippen LogP contribution in [0.1, 0.15) is 43.0 Å². The number of aryl methyl sites for hydroxylation is 1. The normalized spacial score (nSPS) is 15.6. The number of aromatic nitrogens is 1. The van der Waals surface area contributed by atoms with E-state index in [9.17, 15) is 10.1 Å². The van der Waals surface area contributed by atoms with Gasteiger partial charge in [-0.25, -0.2) is 0 Å². The molecule has 0 spiro atoms. The van der Waals surface area contributed by atoms with E-state index in [1.54, 1.807) is 28.8 Å². The highest BCUT2D eigenvalue weighted by atomic mass is 35.5. The van der Waals surface area contributed by atoms with Gasteiger partial charge >= 0.3 is 0 Å². The number of ether oxygens (including phenoxy) is 1. The van der Waals surface area contributed by atoms with Crippen LogP contribution < -0.4 is 16.0 Å². The van der Waals surface area contributed by atoms with Crippen LogP contribution in [0.15, 0.2) is 40.5 Å². The van der Waals surface area contributed by atoms with Crippen molar-refractivity contribution in [2.45, 2.75) is 39.7 Å². The molecule has 8 heteroatoms. The van der Waals surface area contributed by atoms with E-state index in [0.29, 0.717) is 33.5 Å². The Balaban J connectivity index is 2.14. The molecule has 0 fully saturated rings. The van der Waals surface area contributed by atoms with Gasteiger partial charge in [0, 0.05) is 33.9 Å². The number of pyridine rings is 1. The number of hydrogen-bond donors (Lipinski definition) is 1. The summed E-state index contributed by atoms with van der Waals surface area (Å²) in [6.45, 7) is 9.47. The summed E-state index contributed by atoms with van der Waals surface area (Å²) < 4.78 is 7.41. The van der Waals surface area contributed by atoms with Crippen molar-refractivity contribution >= 4 is 23.2 Å². The second-order valence-corrected chi connectivity index (χ2v) is 8.28. The second-order valence-electron chi connectivity index (χ2n) is 7.46. The molecule has 1 atom stereocenters. The van der Waals surface area contributed by atoms with E-state index in [4.69, 9.17) is 33.7 Å². The zero-order valence-corrected chi connectivity index (χ0v) is 19.4. The average Bonchev–Trinajstić information content (AvgIpc) is 2.72. The molecule has 31 heavy (non-hydrogen) atoms. The van der Waals surface area contributed by atoms with Gasteiger partial charge in [-0.1, -0.05) is 43.1 Å². The first kappa shape index (κ1) is 23.2. The fraction of sp³-hybridized carbons (Fsp3) is 0.391. The van der Waals surface area contributed by atoms with Crippen molar-refractivity contribution < 1.29 is 4.74 Å². The number of fused-ring (bicyclic) bond motifs is 1. The SMILES string of the molecule is CCN(CC)CCCn1c(C)cc2c(c1=O)C(c1c(Cl)cccc1Cl)C(C#N)=C(N)O2. The van der Waals surface area contributed by atoms with E-state index >= 15 is 0 Å². The molecular weight excluding hydrogens is 435 g/mol. The summed E-state index contributed by atoms with van der Waals surface area (Å²) in [7, 11) is 0. The highest BCUT2D eigenvalue weighted by Crippen LogP contribution is 2.45. The van der Waals surface area contributed by atoms with Crippen LogP contribution in [0.3, 0.4) is 0 Å². The molecule has 0 saturated heterocycles. The lowest BCUT2D eigenvalue weighted by Crippen LogP contribution is -2.34. The fourth-order valence-electron chi connectivity index (χ4n) is 4.03. The highest BCUT2D eigenvalue weighted by molar-refractivity contribution is 6.36. The van der Waals surface area contributed by atoms with Crippen LogP contribution in [0.4, 0.5) is 0 Å². The van der Waals surface area contributed by atoms with Gasteiger partial charge in [0.2, 0.25) is 5.88 Å². The molecule has 3 rings (SSSR count). The lowest BCUT2D eigenvalue weighted by molar-refractivity contribution is 0.292. The summed E-state index contributed by atoms with van der Waals surface area (Å²) >= 11 is 12.9. The van der Waals surface area contributed by atoms with Crippen molar-refractivity contribution in [2.75, 3.05) is 19.6 Å². The van der Waals surface area contributed by atoms with Gasteiger partial charge in [-0.2, -0.15) is 5.26 Å². The van der Waals surface area contributed by atoms with Gasteiger partial charge in [-0.15, -0.1) is 0 Å². The molecule has 1 unspecified atom stereocenters. The Morgan fingerprint density at radius 3 is 2.45 bits per heavy atom. The minimum atomic E-state index is -0.794. The number of allylic oxidation sites excluding steroid dienone is 1. The molecule has 0 bridgehead atoms. The third-order valence-corrected chi connectivity index (χ3v) is 6.39. The Bertz CT molecular complexity index is 1090. The maximum atomic E-state index is 13.6. The van der Waals surface area contributed by atoms with Crippen molar-refractivity contribution in [1.82, 2.24) is 9.47 Å². The van der Waals surface area contributed by atoms with Crippen molar-refractivity contribution in [2.24, 2.45) is 5.73 Å². The van der Waals surface area contributed by atoms with Gasteiger partial charge in [0.15, 0.2) is 0 Å². The van der Waals surface area contributed by atoms with Crippen LogP contribution in [0, 0.1) is 18.3 Å². The minimum Gasteiger partial charge on any atom is -0.440 e. The predicted octanol–water partition coefficient (Wildman–Crippen LogP) is 4.41. The minimum absolute atomic E-state index is 0.0472. The summed E-state index contributed by atoms with van der Waals surface area (Å²) in [6.07, 6.45) is 0.822. The van der Waals surface area contributed by atoms with Crippen LogP contribution in [0.2, 0.25) is 10.0 Å². The first-order chi connectivity index (χ1) is 14.8. The molecule has 0 amide bonds. The molecule has 1 aromatic carbocycles. The number of rotatable bonds is 7. The van der Waals surface area contributed by atoms with Crippen molar-refractivity contribution in [3.63, 3.8) is 0 Å². The molecule has 1 aliphatic rings. The first-order valence-corrected chi connectivity index (χ1v) is 11.1. The number of nitrogens with two attached hydrogens (primary N) is 1. The highest BCUT2D eigenvalue weighted by Gasteiger charge is 2.36. The van der Waals surface area contributed by atoms with Crippen LogP contribution in [-0.2, 0) is 6.54 Å². The van der Waals surface area contributed by atoms with Gasteiger partial charge in [-0.05, 0) is 45.1 Å². The largest absolute Gasteiger partial charge is 0.440 e. The molecule has 2 N–H and O–H groups in total. The van der Waals surface area contributed by atoms with Crippen LogP contribution in [-0.4, -0.2) is 29.1 Å². The van der Waals surface area contributed by atoms with E-state index in [-0.39, 0.29) is 17.0 Å². The molecule has 2 aromatic rings. The van der Waals surface area contributed by atoms with Crippen molar-refractivity contribution in [3.05, 3.63) is 72.9 Å². The Labute approximate surface area is 192 Å². The fourth-order valence-corrected chi connectivity index (χ4v) is 4.65. The van der Waals surface area contributed by atoms with Gasteiger partial charge in [-0.3, -0.25) is 4.79 Å². The quantitative estimate of drug-likeness (QED) is 0.660. The summed E-state index contributed by atoms with van der Waals surface area (Å²) in [6, 6.07) is 8.95. The summed E-state index contributed by atoms with van der Waals surface area (Å²) in [4.78, 5) is 15.9. The number of halogens is 2. The third kappa shape index (κ3) is 4.45. The van der Waals surface area contributed by atoms with E-state index < -0.39 is 5.92 Å². The first-order valence-electron chi connectivity index (χ1n) is 10.3. The van der Waals surface area contributed by atoms with E-state index in [2.05, 4.69) is 24.8 Å². The van der Waals surface area contributed by atoms with Crippen LogP contribution in [0.5, 0.6) is 5.75 Å². The summed E-state index contributed by atoms with van der Waals surface area (Å²) in [5.74, 6) is -0.508. The van der Waals surface area contributed by atoms with Crippen molar-refractivity contribution in [3.8, 4) is 11.8 Å². The summed E-state index contributed by atoms with van der Waals surface area (Å²) in [5.41, 5.74) is 7.52. The standard InChI is InChI=1S/C23H26Cl2N4O2/c1-4-28(5-2)10-7-11-29-14(3)12-18-21(23(29)30)19(15(13-26)22(27)31-18)20-16(24)8-6-9-17(20)25/h6,8-9,12,19H,4-5,7,10-11,27H2,1-3H3. The smallest absolute Gasteiger partial charge is 0.258 e. The van der Waals surface area contributed by atoms with Gasteiger partial charge in [0.25, 0.3) is 5.56 Å². The lowest BCUT2D eigenvalue weighted by Gasteiger charge is -2.28. The zero-order valence-electron chi connectivity index (χ0n) is 17.9. The van der Waals surface area contributed by atoms with Crippen LogP contribution >= 0.6 is 23.2 Å². The molecule has 0 radical (unpaired) electrons. The predicted molar refractivity (Wildman–Crippen MR) is 124 cm³/mol. The number of nitrogens with zero attached hydrogens (tertiary/aromatic N) is 3. The van der Waals surface area contributed by atoms with Gasteiger partial charge in [0.05, 0.1) is 11.5 Å².